The van der Waals surface area contributed by atoms with Crippen molar-refractivity contribution in [1.82, 2.24) is 4.90 Å². The van der Waals surface area contributed by atoms with Crippen LogP contribution in [0.4, 0.5) is 17.1 Å². The van der Waals surface area contributed by atoms with Crippen LogP contribution in [0.5, 0.6) is 17.2 Å². The second-order valence-corrected chi connectivity index (χ2v) is 13.7. The number of rotatable bonds is 7. The summed E-state index contributed by atoms with van der Waals surface area (Å²) in [4.78, 5) is 34.7. The molecule has 3 aliphatic rings. The number of ether oxygens (including phenoxy) is 3. The lowest BCUT2D eigenvalue weighted by molar-refractivity contribution is -0.130. The summed E-state index contributed by atoms with van der Waals surface area (Å²) >= 11 is 6.32. The molecule has 2 aliphatic heterocycles. The maximum Gasteiger partial charge on any atom is 0.242 e. The van der Waals surface area contributed by atoms with Crippen molar-refractivity contribution in [2.24, 2.45) is 5.41 Å². The maximum absolute atomic E-state index is 14.3. The number of carbonyl (C=O) groups excluding carboxylic acids is 2. The Kier molecular flexibility index (Phi) is 9.03. The van der Waals surface area contributed by atoms with Gasteiger partial charge in [-0.25, -0.2) is 0 Å². The number of amides is 1. The fourth-order valence-electron chi connectivity index (χ4n) is 7.20. The monoisotopic (exact) mass is 658 g/mol. The summed E-state index contributed by atoms with van der Waals surface area (Å²) < 4.78 is 17.1. The van der Waals surface area contributed by atoms with Gasteiger partial charge in [-0.2, -0.15) is 0 Å². The standard InChI is InChI=1S/C37H43ClN4O5/c1-23-11-12-25(38)19-29(23)40-13-15-41(16-14-40)33(44)22-42-28-10-8-7-9-26(28)39-27-20-37(2,3)21-30(43)34(27)35(42)24-17-31(45-4)36(47-6)32(18-24)46-5/h7-12,17-19,35,39H,13-16,20-22H2,1-6H3. The first-order valence-corrected chi connectivity index (χ1v) is 16.4. The Balaban J connectivity index is 1.41. The van der Waals surface area contributed by atoms with E-state index in [1.807, 2.05) is 59.5 Å². The number of hydrogen-bond acceptors (Lipinski definition) is 8. The van der Waals surface area contributed by atoms with E-state index in [-0.39, 0.29) is 23.7 Å². The van der Waals surface area contributed by atoms with Gasteiger partial charge in [0.15, 0.2) is 17.3 Å². The molecule has 1 aliphatic carbocycles. The van der Waals surface area contributed by atoms with Crippen molar-refractivity contribution >= 4 is 40.4 Å². The van der Waals surface area contributed by atoms with Crippen molar-refractivity contribution in [3.05, 3.63) is 82.0 Å². The molecule has 1 unspecified atom stereocenters. The molecule has 0 saturated carbocycles. The molecule has 248 valence electrons. The molecule has 1 fully saturated rings. The Labute approximate surface area is 282 Å². The van der Waals surface area contributed by atoms with Gasteiger partial charge < -0.3 is 34.2 Å². The van der Waals surface area contributed by atoms with E-state index in [1.165, 1.54) is 0 Å². The zero-order valence-electron chi connectivity index (χ0n) is 28.0. The molecule has 9 nitrogen and oxygen atoms in total. The molecule has 1 saturated heterocycles. The van der Waals surface area contributed by atoms with Gasteiger partial charge >= 0.3 is 0 Å². The zero-order chi connectivity index (χ0) is 33.5. The average Bonchev–Trinajstić information content (AvgIpc) is 3.18. The predicted molar refractivity (Wildman–Crippen MR) is 186 cm³/mol. The highest BCUT2D eigenvalue weighted by Gasteiger charge is 2.43. The third kappa shape index (κ3) is 6.33. The Morgan fingerprint density at radius 3 is 2.26 bits per heavy atom. The number of Topliss-reactive ketones (excluding diaryl/α,β-unsaturated/α-hetero) is 1. The van der Waals surface area contributed by atoms with E-state index in [1.54, 1.807) is 21.3 Å². The van der Waals surface area contributed by atoms with Gasteiger partial charge in [0.1, 0.15) is 0 Å². The number of anilines is 3. The lowest BCUT2D eigenvalue weighted by Crippen LogP contribution is -2.52. The molecule has 0 spiro atoms. The lowest BCUT2D eigenvalue weighted by Gasteiger charge is -2.40. The van der Waals surface area contributed by atoms with Gasteiger partial charge in [0, 0.05) is 54.6 Å². The summed E-state index contributed by atoms with van der Waals surface area (Å²) in [6.07, 6.45) is 1.09. The molecule has 3 aromatic carbocycles. The van der Waals surface area contributed by atoms with E-state index < -0.39 is 6.04 Å². The van der Waals surface area contributed by atoms with Crippen molar-refractivity contribution in [2.75, 3.05) is 69.2 Å². The van der Waals surface area contributed by atoms with Crippen LogP contribution in [0.1, 0.15) is 43.9 Å². The number of aryl methyl sites for hydroxylation is 1. The van der Waals surface area contributed by atoms with Crippen molar-refractivity contribution in [3.8, 4) is 17.2 Å². The zero-order valence-corrected chi connectivity index (χ0v) is 28.7. The Bertz CT molecular complexity index is 1700. The molecule has 47 heavy (non-hydrogen) atoms. The number of halogens is 1. The number of benzene rings is 3. The minimum absolute atomic E-state index is 0.00708. The van der Waals surface area contributed by atoms with Gasteiger partial charge in [0.05, 0.1) is 45.3 Å². The van der Waals surface area contributed by atoms with Crippen LogP contribution in [0.15, 0.2) is 65.9 Å². The van der Waals surface area contributed by atoms with Crippen molar-refractivity contribution in [1.29, 1.82) is 0 Å². The summed E-state index contributed by atoms with van der Waals surface area (Å²) in [6, 6.07) is 17.1. The van der Waals surface area contributed by atoms with Crippen LogP contribution in [-0.2, 0) is 9.59 Å². The smallest absolute Gasteiger partial charge is 0.242 e. The van der Waals surface area contributed by atoms with Crippen LogP contribution < -0.4 is 29.3 Å². The summed E-state index contributed by atoms with van der Waals surface area (Å²) in [5, 5.41) is 4.33. The quantitative estimate of drug-likeness (QED) is 0.303. The fourth-order valence-corrected chi connectivity index (χ4v) is 7.37. The van der Waals surface area contributed by atoms with Gasteiger partial charge in [-0.05, 0) is 66.3 Å². The van der Waals surface area contributed by atoms with Crippen LogP contribution in [0, 0.1) is 12.3 Å². The normalized spacial score (nSPS) is 19.0. The number of methoxy groups -OCH3 is 3. The van der Waals surface area contributed by atoms with E-state index in [0.717, 1.165) is 33.9 Å². The predicted octanol–water partition coefficient (Wildman–Crippen LogP) is 6.64. The fraction of sp³-hybridized carbons (Fsp3) is 0.405. The number of allylic oxidation sites excluding steroid dienone is 1. The number of piperazine rings is 1. The number of para-hydroxylation sites is 2. The van der Waals surface area contributed by atoms with Crippen LogP contribution >= 0.6 is 11.6 Å². The molecular weight excluding hydrogens is 616 g/mol. The van der Waals surface area contributed by atoms with Gasteiger partial charge in [-0.3, -0.25) is 9.59 Å². The van der Waals surface area contributed by atoms with E-state index in [0.29, 0.717) is 66.9 Å². The van der Waals surface area contributed by atoms with Crippen LogP contribution in [0.3, 0.4) is 0 Å². The minimum atomic E-state index is -0.585. The SMILES string of the molecule is COc1cc(C2C3=C(CC(C)(C)CC3=O)Nc3ccccc3N2CC(=O)N2CCN(c3cc(Cl)ccc3C)CC2)cc(OC)c1OC. The highest BCUT2D eigenvalue weighted by Crippen LogP contribution is 2.50. The molecule has 3 aromatic rings. The maximum atomic E-state index is 14.3. The molecule has 1 atom stereocenters. The van der Waals surface area contributed by atoms with E-state index in [2.05, 4.69) is 35.9 Å². The first kappa shape index (κ1) is 32.6. The van der Waals surface area contributed by atoms with Gasteiger partial charge in [0.25, 0.3) is 0 Å². The van der Waals surface area contributed by atoms with Gasteiger partial charge in [-0.1, -0.05) is 43.6 Å². The number of hydrogen-bond donors (Lipinski definition) is 1. The summed E-state index contributed by atoms with van der Waals surface area (Å²) in [5.74, 6) is 1.48. The van der Waals surface area contributed by atoms with Crippen molar-refractivity contribution < 1.29 is 23.8 Å². The van der Waals surface area contributed by atoms with Crippen molar-refractivity contribution in [2.45, 2.75) is 39.7 Å². The second kappa shape index (κ2) is 13.0. The minimum Gasteiger partial charge on any atom is -0.493 e. The van der Waals surface area contributed by atoms with E-state index in [4.69, 9.17) is 25.8 Å². The number of carbonyl (C=O) groups is 2. The first-order chi connectivity index (χ1) is 22.5. The van der Waals surface area contributed by atoms with Gasteiger partial charge in [0.2, 0.25) is 11.7 Å². The number of fused-ring (bicyclic) bond motifs is 1. The largest absolute Gasteiger partial charge is 0.493 e. The molecule has 10 heteroatoms. The third-order valence-electron chi connectivity index (χ3n) is 9.46. The Hall–Kier alpha value is -4.37. The topological polar surface area (TPSA) is 83.6 Å². The number of nitrogens with zero attached hydrogens (tertiary/aromatic N) is 3. The first-order valence-electron chi connectivity index (χ1n) is 16.0. The lowest BCUT2D eigenvalue weighted by atomic mass is 9.73. The molecule has 0 bridgehead atoms. The van der Waals surface area contributed by atoms with Crippen LogP contribution in [0.2, 0.25) is 5.02 Å². The third-order valence-corrected chi connectivity index (χ3v) is 9.69. The number of nitrogens with one attached hydrogen (secondary N) is 1. The van der Waals surface area contributed by atoms with Crippen LogP contribution in [-0.4, -0.2) is 70.6 Å². The summed E-state index contributed by atoms with van der Waals surface area (Å²) in [5.41, 5.74) is 6.03. The Morgan fingerprint density at radius 2 is 1.60 bits per heavy atom. The van der Waals surface area contributed by atoms with E-state index >= 15 is 0 Å². The molecule has 0 aromatic heterocycles. The summed E-state index contributed by atoms with van der Waals surface area (Å²) in [7, 11) is 4.73. The molecule has 6 rings (SSSR count). The van der Waals surface area contributed by atoms with E-state index in [9.17, 15) is 9.59 Å². The Morgan fingerprint density at radius 1 is 0.915 bits per heavy atom. The second-order valence-electron chi connectivity index (χ2n) is 13.3. The van der Waals surface area contributed by atoms with Crippen molar-refractivity contribution in [3.63, 3.8) is 0 Å². The van der Waals surface area contributed by atoms with Gasteiger partial charge in [-0.15, -0.1) is 0 Å². The molecule has 0 radical (unpaired) electrons. The number of ketones is 1. The van der Waals surface area contributed by atoms with Crippen LogP contribution in [0.25, 0.3) is 0 Å². The molecule has 1 amide bonds. The highest BCUT2D eigenvalue weighted by molar-refractivity contribution is 6.30. The summed E-state index contributed by atoms with van der Waals surface area (Å²) in [6.45, 7) is 8.94. The molecule has 2 heterocycles. The average molecular weight is 659 g/mol. The molecule has 1 N–H and O–H groups in total. The molecular formula is C37H43ClN4O5. The highest BCUT2D eigenvalue weighted by atomic mass is 35.5.